The maximum Gasteiger partial charge on any atom is 0.407 e. The van der Waals surface area contributed by atoms with E-state index in [-0.39, 0.29) is 6.09 Å². The summed E-state index contributed by atoms with van der Waals surface area (Å²) >= 11 is 0. The molecule has 0 aromatic rings. The van der Waals surface area contributed by atoms with Crippen molar-refractivity contribution < 1.29 is 9.53 Å². The molecule has 0 heterocycles. The summed E-state index contributed by atoms with van der Waals surface area (Å²) in [5.41, 5.74) is 1.17. The molecule has 0 fully saturated rings. The summed E-state index contributed by atoms with van der Waals surface area (Å²) in [5, 5.41) is 6.45. The highest BCUT2D eigenvalue weighted by molar-refractivity contribution is 5.67. The zero-order valence-corrected chi connectivity index (χ0v) is 15.7. The molecule has 4 heteroatoms. The molecule has 0 radical (unpaired) electrons. The van der Waals surface area contributed by atoms with Crippen LogP contribution in [-0.2, 0) is 4.74 Å². The Labute approximate surface area is 142 Å². The quantitative estimate of drug-likeness (QED) is 0.518. The number of carbonyl (C=O) groups is 1. The third kappa shape index (κ3) is 9.65. The second-order valence-corrected chi connectivity index (χ2v) is 7.95. The largest absolute Gasteiger partial charge is 0.444 e. The molecule has 0 aromatic heterocycles. The van der Waals surface area contributed by atoms with Gasteiger partial charge >= 0.3 is 6.09 Å². The number of rotatable bonds is 8. The summed E-state index contributed by atoms with van der Waals surface area (Å²) in [6, 6.07) is 0. The standard InChI is InChI=1S/C19H36N2O2/c1-15(2)17(14-21-18(22)23-19(3,4)5)13-20-12-11-16-9-7-6-8-10-16/h9,15,17,20H,6-8,10-14H2,1-5H3,(H,21,22). The van der Waals surface area contributed by atoms with Crippen molar-refractivity contribution in [3.63, 3.8) is 0 Å². The first kappa shape index (κ1) is 20.0. The second kappa shape index (κ2) is 9.96. The van der Waals surface area contributed by atoms with E-state index >= 15 is 0 Å². The van der Waals surface area contributed by atoms with Crippen LogP contribution < -0.4 is 10.6 Å². The maximum absolute atomic E-state index is 11.8. The summed E-state index contributed by atoms with van der Waals surface area (Å²) in [6.45, 7) is 12.7. The lowest BCUT2D eigenvalue weighted by Gasteiger charge is -2.24. The maximum atomic E-state index is 11.8. The Morgan fingerprint density at radius 1 is 1.26 bits per heavy atom. The number of nitrogens with one attached hydrogen (secondary N) is 2. The number of hydrogen-bond donors (Lipinski definition) is 2. The van der Waals surface area contributed by atoms with E-state index in [0.29, 0.717) is 18.4 Å². The fourth-order valence-corrected chi connectivity index (χ4v) is 2.74. The van der Waals surface area contributed by atoms with E-state index in [0.717, 1.165) is 19.5 Å². The van der Waals surface area contributed by atoms with Gasteiger partial charge in [-0.05, 0) is 77.8 Å². The van der Waals surface area contributed by atoms with Crippen LogP contribution in [0.4, 0.5) is 4.79 Å². The van der Waals surface area contributed by atoms with E-state index in [4.69, 9.17) is 4.74 Å². The van der Waals surface area contributed by atoms with E-state index in [1.807, 2.05) is 20.8 Å². The van der Waals surface area contributed by atoms with Crippen molar-refractivity contribution in [1.82, 2.24) is 10.6 Å². The van der Waals surface area contributed by atoms with Gasteiger partial charge in [-0.3, -0.25) is 0 Å². The van der Waals surface area contributed by atoms with Crippen LogP contribution in [0.5, 0.6) is 0 Å². The van der Waals surface area contributed by atoms with Gasteiger partial charge in [-0.25, -0.2) is 4.79 Å². The fraction of sp³-hybridized carbons (Fsp3) is 0.842. The van der Waals surface area contributed by atoms with E-state index in [1.54, 1.807) is 5.57 Å². The van der Waals surface area contributed by atoms with Crippen LogP contribution in [0.1, 0.15) is 66.7 Å². The number of amides is 1. The molecule has 1 amide bonds. The van der Waals surface area contributed by atoms with Gasteiger partial charge in [0.25, 0.3) is 0 Å². The molecule has 23 heavy (non-hydrogen) atoms. The van der Waals surface area contributed by atoms with Crippen molar-refractivity contribution in [1.29, 1.82) is 0 Å². The predicted octanol–water partition coefficient (Wildman–Crippen LogP) is 4.26. The Kier molecular flexibility index (Phi) is 8.67. The first-order chi connectivity index (χ1) is 10.8. The Morgan fingerprint density at radius 3 is 2.57 bits per heavy atom. The van der Waals surface area contributed by atoms with E-state index in [2.05, 4.69) is 30.6 Å². The van der Waals surface area contributed by atoms with Crippen molar-refractivity contribution in [2.45, 2.75) is 72.3 Å². The Morgan fingerprint density at radius 2 is 2.00 bits per heavy atom. The van der Waals surface area contributed by atoms with Gasteiger partial charge in [0.2, 0.25) is 0 Å². The summed E-state index contributed by atoms with van der Waals surface area (Å²) in [4.78, 5) is 11.8. The monoisotopic (exact) mass is 324 g/mol. The Hall–Kier alpha value is -1.03. The lowest BCUT2D eigenvalue weighted by atomic mass is 9.95. The minimum absolute atomic E-state index is 0.324. The minimum atomic E-state index is -0.441. The Balaban J connectivity index is 2.23. The van der Waals surface area contributed by atoms with Crippen LogP contribution in [0.25, 0.3) is 0 Å². The normalized spacial score (nSPS) is 16.9. The molecule has 0 saturated heterocycles. The third-order valence-corrected chi connectivity index (χ3v) is 4.26. The zero-order valence-electron chi connectivity index (χ0n) is 15.7. The molecule has 2 N–H and O–H groups in total. The number of carbonyl (C=O) groups excluding carboxylic acids is 1. The number of hydrogen-bond acceptors (Lipinski definition) is 3. The summed E-state index contributed by atoms with van der Waals surface area (Å²) in [5.74, 6) is 0.939. The summed E-state index contributed by atoms with van der Waals surface area (Å²) in [6.07, 6.45) is 8.47. The molecule has 0 aliphatic heterocycles. The highest BCUT2D eigenvalue weighted by Crippen LogP contribution is 2.19. The molecular formula is C19H36N2O2. The van der Waals surface area contributed by atoms with Crippen LogP contribution in [-0.4, -0.2) is 31.3 Å². The van der Waals surface area contributed by atoms with Gasteiger partial charge in [-0.1, -0.05) is 25.5 Å². The van der Waals surface area contributed by atoms with E-state index in [1.165, 1.54) is 25.7 Å². The van der Waals surface area contributed by atoms with Gasteiger partial charge in [0, 0.05) is 6.54 Å². The van der Waals surface area contributed by atoms with Gasteiger partial charge in [-0.15, -0.1) is 0 Å². The first-order valence-corrected chi connectivity index (χ1v) is 9.13. The number of alkyl carbamates (subject to hydrolysis) is 1. The Bertz CT molecular complexity index is 383. The molecule has 0 spiro atoms. The second-order valence-electron chi connectivity index (χ2n) is 7.95. The molecule has 1 unspecified atom stereocenters. The van der Waals surface area contributed by atoms with Crippen LogP contribution in [0.15, 0.2) is 11.6 Å². The fourth-order valence-electron chi connectivity index (χ4n) is 2.74. The van der Waals surface area contributed by atoms with Crippen molar-refractivity contribution in [2.75, 3.05) is 19.6 Å². The van der Waals surface area contributed by atoms with Gasteiger partial charge in [-0.2, -0.15) is 0 Å². The van der Waals surface area contributed by atoms with Crippen LogP contribution in [0.3, 0.4) is 0 Å². The smallest absolute Gasteiger partial charge is 0.407 e. The number of allylic oxidation sites excluding steroid dienone is 1. The van der Waals surface area contributed by atoms with Gasteiger partial charge in [0.1, 0.15) is 5.60 Å². The average molecular weight is 325 g/mol. The zero-order chi connectivity index (χ0) is 17.3. The molecule has 0 saturated carbocycles. The first-order valence-electron chi connectivity index (χ1n) is 9.13. The highest BCUT2D eigenvalue weighted by Gasteiger charge is 2.19. The van der Waals surface area contributed by atoms with Gasteiger partial charge < -0.3 is 15.4 Å². The summed E-state index contributed by atoms with van der Waals surface area (Å²) < 4.78 is 5.29. The molecule has 1 aliphatic rings. The third-order valence-electron chi connectivity index (χ3n) is 4.26. The van der Waals surface area contributed by atoms with Crippen molar-refractivity contribution in [3.8, 4) is 0 Å². The van der Waals surface area contributed by atoms with Crippen molar-refractivity contribution in [3.05, 3.63) is 11.6 Å². The predicted molar refractivity (Wildman–Crippen MR) is 96.6 cm³/mol. The topological polar surface area (TPSA) is 50.4 Å². The minimum Gasteiger partial charge on any atom is -0.444 e. The van der Waals surface area contributed by atoms with E-state index < -0.39 is 5.60 Å². The molecule has 1 atom stereocenters. The lowest BCUT2D eigenvalue weighted by Crippen LogP contribution is -2.39. The van der Waals surface area contributed by atoms with Gasteiger partial charge in [0.05, 0.1) is 0 Å². The van der Waals surface area contributed by atoms with Gasteiger partial charge in [0.15, 0.2) is 0 Å². The van der Waals surface area contributed by atoms with Crippen LogP contribution in [0.2, 0.25) is 0 Å². The molecule has 134 valence electrons. The molecular weight excluding hydrogens is 288 g/mol. The summed E-state index contributed by atoms with van der Waals surface area (Å²) in [7, 11) is 0. The van der Waals surface area contributed by atoms with E-state index in [9.17, 15) is 4.79 Å². The van der Waals surface area contributed by atoms with Crippen molar-refractivity contribution in [2.24, 2.45) is 11.8 Å². The lowest BCUT2D eigenvalue weighted by molar-refractivity contribution is 0.0515. The van der Waals surface area contributed by atoms with Crippen LogP contribution >= 0.6 is 0 Å². The highest BCUT2D eigenvalue weighted by atomic mass is 16.6. The molecule has 0 bridgehead atoms. The van der Waals surface area contributed by atoms with Crippen molar-refractivity contribution >= 4 is 6.09 Å². The average Bonchev–Trinajstić information content (AvgIpc) is 2.45. The van der Waals surface area contributed by atoms with Crippen LogP contribution in [0, 0.1) is 11.8 Å². The molecule has 4 nitrogen and oxygen atoms in total. The molecule has 1 aliphatic carbocycles. The SMILES string of the molecule is CC(C)C(CNCCC1=CCCCC1)CNC(=O)OC(C)(C)C. The molecule has 1 rings (SSSR count). The molecule has 0 aromatic carbocycles. The number of ether oxygens (including phenoxy) is 1.